The van der Waals surface area contributed by atoms with Crippen molar-refractivity contribution in [2.75, 3.05) is 32.8 Å². The van der Waals surface area contributed by atoms with Crippen LogP contribution in [0.4, 0.5) is 0 Å². The van der Waals surface area contributed by atoms with Gasteiger partial charge in [0.15, 0.2) is 5.96 Å². The highest BCUT2D eigenvalue weighted by Gasteiger charge is 2.11. The summed E-state index contributed by atoms with van der Waals surface area (Å²) in [5, 5.41) is 25.4. The van der Waals surface area contributed by atoms with Crippen LogP contribution in [-0.2, 0) is 0 Å². The number of nitrogens with zero attached hydrogens (tertiary/aromatic N) is 1. The Morgan fingerprint density at radius 3 is 2.42 bits per heavy atom. The molecular formula is C19H33N3O2. The minimum Gasteiger partial charge on any atom is -0.396 e. The van der Waals surface area contributed by atoms with Crippen molar-refractivity contribution in [1.29, 1.82) is 0 Å². The van der Waals surface area contributed by atoms with Crippen molar-refractivity contribution >= 4 is 5.96 Å². The fraction of sp³-hybridized carbons (Fsp3) is 0.632. The van der Waals surface area contributed by atoms with E-state index in [9.17, 15) is 5.11 Å². The summed E-state index contributed by atoms with van der Waals surface area (Å²) in [5.74, 6) is 1.23. The molecule has 0 aromatic heterocycles. The van der Waals surface area contributed by atoms with E-state index < -0.39 is 0 Å². The third-order valence-electron chi connectivity index (χ3n) is 4.09. The van der Waals surface area contributed by atoms with E-state index in [0.717, 1.165) is 37.3 Å². The minimum atomic E-state index is 0.0407. The van der Waals surface area contributed by atoms with Crippen LogP contribution in [0.15, 0.2) is 35.3 Å². The topological polar surface area (TPSA) is 76.9 Å². The molecule has 0 amide bonds. The van der Waals surface area contributed by atoms with Crippen LogP contribution in [0.3, 0.4) is 0 Å². The van der Waals surface area contributed by atoms with Crippen LogP contribution in [-0.4, -0.2) is 49.0 Å². The number of benzene rings is 1. The lowest BCUT2D eigenvalue weighted by molar-refractivity contribution is 0.253. The number of rotatable bonds is 11. The first-order chi connectivity index (χ1) is 11.7. The maximum atomic E-state index is 9.65. The quantitative estimate of drug-likeness (QED) is 0.369. The molecule has 136 valence electrons. The zero-order valence-corrected chi connectivity index (χ0v) is 15.0. The van der Waals surface area contributed by atoms with E-state index in [1.807, 2.05) is 37.3 Å². The van der Waals surface area contributed by atoms with Gasteiger partial charge in [0.2, 0.25) is 0 Å². The molecule has 5 heteroatoms. The first-order valence-electron chi connectivity index (χ1n) is 9.03. The van der Waals surface area contributed by atoms with E-state index in [-0.39, 0.29) is 19.1 Å². The predicted molar refractivity (Wildman–Crippen MR) is 100 cm³/mol. The van der Waals surface area contributed by atoms with Crippen molar-refractivity contribution in [3.63, 3.8) is 0 Å². The van der Waals surface area contributed by atoms with Gasteiger partial charge in [-0.1, -0.05) is 43.7 Å². The molecule has 0 radical (unpaired) electrons. The van der Waals surface area contributed by atoms with Crippen LogP contribution in [0.1, 0.15) is 44.6 Å². The van der Waals surface area contributed by atoms with E-state index in [2.05, 4.69) is 22.5 Å². The molecule has 1 aromatic rings. The number of aliphatic hydroxyl groups excluding tert-OH is 2. The van der Waals surface area contributed by atoms with Crippen LogP contribution >= 0.6 is 0 Å². The smallest absolute Gasteiger partial charge is 0.191 e. The molecule has 1 aromatic carbocycles. The van der Waals surface area contributed by atoms with Gasteiger partial charge in [-0.2, -0.15) is 0 Å². The lowest BCUT2D eigenvalue weighted by Crippen LogP contribution is -2.40. The number of hydrogen-bond acceptors (Lipinski definition) is 3. The molecule has 0 saturated heterocycles. The molecule has 0 aliphatic carbocycles. The first kappa shape index (κ1) is 20.5. The zero-order chi connectivity index (χ0) is 17.6. The zero-order valence-electron chi connectivity index (χ0n) is 15.0. The average Bonchev–Trinajstić information content (AvgIpc) is 2.61. The van der Waals surface area contributed by atoms with Crippen LogP contribution in [0, 0.1) is 5.92 Å². The summed E-state index contributed by atoms with van der Waals surface area (Å²) in [5.41, 5.74) is 1.12. The number of aliphatic imine (C=N–C) groups is 1. The summed E-state index contributed by atoms with van der Waals surface area (Å²) >= 11 is 0. The van der Waals surface area contributed by atoms with E-state index in [0.29, 0.717) is 19.0 Å². The molecule has 24 heavy (non-hydrogen) atoms. The molecule has 2 atom stereocenters. The Kier molecular flexibility index (Phi) is 10.9. The predicted octanol–water partition coefficient (Wildman–Crippen LogP) is 2.12. The van der Waals surface area contributed by atoms with Gasteiger partial charge in [-0.05, 0) is 31.2 Å². The molecule has 0 spiro atoms. The Bertz CT molecular complexity index is 445. The summed E-state index contributed by atoms with van der Waals surface area (Å²) in [6.07, 6.45) is 2.97. The standard InChI is InChI=1S/C19H33N3O2/c1-3-8-16(11-12-23)13-21-19(20-4-2)22-14-18(15-24)17-9-6-5-7-10-17/h5-7,9-10,16,18,23-24H,3-4,8,11-15H2,1-2H3,(H2,20,21,22). The minimum absolute atomic E-state index is 0.0407. The third kappa shape index (κ3) is 7.79. The van der Waals surface area contributed by atoms with Crippen molar-refractivity contribution in [3.8, 4) is 0 Å². The molecule has 0 fully saturated rings. The van der Waals surface area contributed by atoms with Crippen molar-refractivity contribution < 1.29 is 10.2 Å². The lowest BCUT2D eigenvalue weighted by atomic mass is 10.00. The van der Waals surface area contributed by atoms with Gasteiger partial charge in [0.05, 0.1) is 6.61 Å². The van der Waals surface area contributed by atoms with Gasteiger partial charge in [-0.25, -0.2) is 0 Å². The van der Waals surface area contributed by atoms with Gasteiger partial charge in [0.25, 0.3) is 0 Å². The molecule has 0 aliphatic rings. The summed E-state index contributed by atoms with van der Waals surface area (Å²) in [6, 6.07) is 10.0. The van der Waals surface area contributed by atoms with Crippen molar-refractivity contribution in [2.45, 2.75) is 39.0 Å². The Labute approximate surface area is 146 Å². The van der Waals surface area contributed by atoms with Crippen LogP contribution < -0.4 is 10.6 Å². The Hall–Kier alpha value is -1.59. The summed E-state index contributed by atoms with van der Waals surface area (Å²) in [6.45, 7) is 6.63. The number of nitrogens with one attached hydrogen (secondary N) is 2. The average molecular weight is 335 g/mol. The normalized spacial score (nSPS) is 14.2. The van der Waals surface area contributed by atoms with E-state index in [1.165, 1.54) is 0 Å². The molecule has 0 aliphatic heterocycles. The van der Waals surface area contributed by atoms with Gasteiger partial charge in [-0.15, -0.1) is 0 Å². The van der Waals surface area contributed by atoms with Crippen LogP contribution in [0.5, 0.6) is 0 Å². The molecule has 0 heterocycles. The highest BCUT2D eigenvalue weighted by Crippen LogP contribution is 2.14. The second-order valence-electron chi connectivity index (χ2n) is 6.06. The maximum Gasteiger partial charge on any atom is 0.191 e. The van der Waals surface area contributed by atoms with Crippen LogP contribution in [0.2, 0.25) is 0 Å². The molecule has 1 rings (SSSR count). The summed E-state index contributed by atoms with van der Waals surface area (Å²) < 4.78 is 0. The molecule has 2 unspecified atom stereocenters. The van der Waals surface area contributed by atoms with Crippen LogP contribution in [0.25, 0.3) is 0 Å². The second-order valence-corrected chi connectivity index (χ2v) is 6.06. The molecular weight excluding hydrogens is 302 g/mol. The third-order valence-corrected chi connectivity index (χ3v) is 4.09. The van der Waals surface area contributed by atoms with Crippen molar-refractivity contribution in [3.05, 3.63) is 35.9 Å². The largest absolute Gasteiger partial charge is 0.396 e. The highest BCUT2D eigenvalue weighted by atomic mass is 16.3. The second kappa shape index (κ2) is 12.8. The molecule has 5 nitrogen and oxygen atoms in total. The van der Waals surface area contributed by atoms with Gasteiger partial charge in [-0.3, -0.25) is 4.99 Å². The van der Waals surface area contributed by atoms with E-state index >= 15 is 0 Å². The fourth-order valence-electron chi connectivity index (χ4n) is 2.71. The lowest BCUT2D eigenvalue weighted by Gasteiger charge is -2.19. The Balaban J connectivity index is 2.61. The monoisotopic (exact) mass is 335 g/mol. The number of guanidine groups is 1. The van der Waals surface area contributed by atoms with Gasteiger partial charge in [0.1, 0.15) is 0 Å². The molecule has 0 saturated carbocycles. The van der Waals surface area contributed by atoms with Crippen molar-refractivity contribution in [1.82, 2.24) is 10.6 Å². The number of hydrogen-bond donors (Lipinski definition) is 4. The van der Waals surface area contributed by atoms with Gasteiger partial charge < -0.3 is 20.8 Å². The molecule has 0 bridgehead atoms. The van der Waals surface area contributed by atoms with Crippen molar-refractivity contribution in [2.24, 2.45) is 10.9 Å². The number of aliphatic hydroxyl groups is 2. The Morgan fingerprint density at radius 2 is 1.83 bits per heavy atom. The maximum absolute atomic E-state index is 9.65. The first-order valence-corrected chi connectivity index (χ1v) is 9.03. The Morgan fingerprint density at radius 1 is 1.08 bits per heavy atom. The van der Waals surface area contributed by atoms with Gasteiger partial charge >= 0.3 is 0 Å². The fourth-order valence-corrected chi connectivity index (χ4v) is 2.71. The van der Waals surface area contributed by atoms with E-state index in [4.69, 9.17) is 5.11 Å². The van der Waals surface area contributed by atoms with E-state index in [1.54, 1.807) is 0 Å². The highest BCUT2D eigenvalue weighted by molar-refractivity contribution is 5.79. The molecule has 4 N–H and O–H groups in total. The summed E-state index contributed by atoms with van der Waals surface area (Å²) in [7, 11) is 0. The van der Waals surface area contributed by atoms with Gasteiger partial charge in [0, 0.05) is 32.2 Å². The SMILES string of the molecule is CCCC(CCO)CN=C(NCC)NCC(CO)c1ccccc1. The summed E-state index contributed by atoms with van der Waals surface area (Å²) in [4.78, 5) is 4.65.